The molecule has 0 unspecified atom stereocenters. The fourth-order valence-corrected chi connectivity index (χ4v) is 1.73. The van der Waals surface area contributed by atoms with E-state index in [0.29, 0.717) is 24.1 Å². The van der Waals surface area contributed by atoms with Crippen LogP contribution in [0.15, 0.2) is 29.2 Å². The normalized spacial score (nSPS) is 24.1. The number of nitrogens with zero attached hydrogens (tertiary/aromatic N) is 1. The second kappa shape index (κ2) is 3.46. The van der Waals surface area contributed by atoms with Crippen LogP contribution in [0.1, 0.15) is 1.37 Å². The highest BCUT2D eigenvalue weighted by molar-refractivity contribution is 5.88. The van der Waals surface area contributed by atoms with Crippen LogP contribution in [0.25, 0.3) is 0 Å². The predicted molar refractivity (Wildman–Crippen MR) is 56.7 cm³/mol. The smallest absolute Gasteiger partial charge is 0.189 e. The third-order valence-electron chi connectivity index (χ3n) is 2.45. The van der Waals surface area contributed by atoms with Crippen LogP contribution in [0.3, 0.4) is 0 Å². The molecule has 0 bridgehead atoms. The lowest BCUT2D eigenvalue weighted by Crippen LogP contribution is -2.42. The van der Waals surface area contributed by atoms with Gasteiger partial charge >= 0.3 is 0 Å². The average Bonchev–Trinajstić information content (AvgIpc) is 2.81. The maximum absolute atomic E-state index is 7.53. The quantitative estimate of drug-likeness (QED) is 0.738. The van der Waals surface area contributed by atoms with E-state index >= 15 is 0 Å². The first kappa shape index (κ1) is 7.56. The highest BCUT2D eigenvalue weighted by Gasteiger charge is 2.26. The summed E-state index contributed by atoms with van der Waals surface area (Å²) >= 11 is 0. The Morgan fingerprint density at radius 3 is 3.33 bits per heavy atom. The molecule has 0 aromatic heterocycles. The van der Waals surface area contributed by atoms with Crippen LogP contribution in [-0.2, 0) is 0 Å². The molecule has 2 heterocycles. The van der Waals surface area contributed by atoms with Crippen molar-refractivity contribution in [1.29, 1.82) is 0 Å². The summed E-state index contributed by atoms with van der Waals surface area (Å²) in [5, 5.41) is 3.17. The molecule has 4 nitrogen and oxygen atoms in total. The van der Waals surface area contributed by atoms with E-state index in [4.69, 9.17) is 10.8 Å². The molecular formula is C11H12N2O2. The van der Waals surface area contributed by atoms with Gasteiger partial charge in [-0.25, -0.2) is 0 Å². The van der Waals surface area contributed by atoms with E-state index in [-0.39, 0.29) is 6.10 Å². The molecule has 3 rings (SSSR count). The van der Waals surface area contributed by atoms with E-state index in [2.05, 4.69) is 10.3 Å². The Bertz CT molecular complexity index is 448. The van der Waals surface area contributed by atoms with Crippen molar-refractivity contribution in [1.82, 2.24) is 5.32 Å². The lowest BCUT2D eigenvalue weighted by atomic mass is 10.2. The number of nitrogens with one attached hydrogen (secondary N) is 1. The number of amidine groups is 1. The molecule has 0 saturated carbocycles. The van der Waals surface area contributed by atoms with E-state index in [0.717, 1.165) is 18.9 Å². The zero-order valence-electron chi connectivity index (χ0n) is 9.19. The van der Waals surface area contributed by atoms with Gasteiger partial charge in [-0.3, -0.25) is 4.99 Å². The van der Waals surface area contributed by atoms with Gasteiger partial charge in [-0.2, -0.15) is 0 Å². The molecule has 0 aliphatic carbocycles. The Kier molecular flexibility index (Phi) is 1.74. The van der Waals surface area contributed by atoms with Gasteiger partial charge in [0.15, 0.2) is 17.6 Å². The number of para-hydroxylation sites is 2. The molecule has 78 valence electrons. The number of rotatable bonds is 1. The Balaban J connectivity index is 1.85. The number of fused-ring (bicyclic) bond motifs is 1. The lowest BCUT2D eigenvalue weighted by molar-refractivity contribution is 0.133. The summed E-state index contributed by atoms with van der Waals surface area (Å²) in [6.45, 7) is 2.12. The summed E-state index contributed by atoms with van der Waals surface area (Å²) in [6.07, 6.45) is -0.170. The first-order valence-corrected chi connectivity index (χ1v) is 5.01. The fraction of sp³-hybridized carbons (Fsp3) is 0.364. The Morgan fingerprint density at radius 1 is 1.47 bits per heavy atom. The Morgan fingerprint density at radius 2 is 2.47 bits per heavy atom. The average molecular weight is 205 g/mol. The lowest BCUT2D eigenvalue weighted by Gasteiger charge is -2.26. The molecular weight excluding hydrogens is 192 g/mol. The van der Waals surface area contributed by atoms with Crippen LogP contribution in [0.5, 0.6) is 11.5 Å². The molecule has 2 aliphatic rings. The van der Waals surface area contributed by atoms with Crippen molar-refractivity contribution < 1.29 is 10.8 Å². The molecule has 0 amide bonds. The van der Waals surface area contributed by atoms with Gasteiger partial charge in [0.1, 0.15) is 12.4 Å². The van der Waals surface area contributed by atoms with Gasteiger partial charge in [0.2, 0.25) is 0 Å². The van der Waals surface area contributed by atoms with Crippen LogP contribution in [-0.4, -0.2) is 31.6 Å². The van der Waals surface area contributed by atoms with Crippen molar-refractivity contribution in [2.75, 3.05) is 19.7 Å². The van der Waals surface area contributed by atoms with Crippen molar-refractivity contribution in [3.05, 3.63) is 24.2 Å². The summed E-state index contributed by atoms with van der Waals surface area (Å²) < 4.78 is 18.9. The van der Waals surface area contributed by atoms with E-state index in [1.807, 2.05) is 0 Å². The summed E-state index contributed by atoms with van der Waals surface area (Å²) in [4.78, 5) is 4.31. The largest absolute Gasteiger partial charge is 0.485 e. The molecule has 4 heteroatoms. The third kappa shape index (κ3) is 1.52. The summed E-state index contributed by atoms with van der Waals surface area (Å²) in [7, 11) is 0. The molecule has 1 aromatic rings. The number of ether oxygens (including phenoxy) is 2. The van der Waals surface area contributed by atoms with Gasteiger partial charge in [-0.15, -0.1) is 0 Å². The van der Waals surface area contributed by atoms with Crippen LogP contribution in [0, 0.1) is 0 Å². The van der Waals surface area contributed by atoms with Crippen molar-refractivity contribution in [3.63, 3.8) is 0 Å². The zero-order valence-corrected chi connectivity index (χ0v) is 8.19. The monoisotopic (exact) mass is 205 g/mol. The van der Waals surface area contributed by atoms with Crippen molar-refractivity contribution in [2.45, 2.75) is 6.10 Å². The van der Waals surface area contributed by atoms with Gasteiger partial charge in [0.05, 0.1) is 7.92 Å². The molecule has 2 aliphatic heterocycles. The van der Waals surface area contributed by atoms with E-state index in [9.17, 15) is 0 Å². The molecule has 1 aromatic carbocycles. The first-order valence-electron chi connectivity index (χ1n) is 5.51. The van der Waals surface area contributed by atoms with E-state index in [1.165, 1.54) is 0 Å². The van der Waals surface area contributed by atoms with Gasteiger partial charge in [-0.05, 0) is 12.1 Å². The van der Waals surface area contributed by atoms with E-state index in [1.54, 1.807) is 18.2 Å². The minimum atomic E-state index is -0.170. The molecule has 1 atom stereocenters. The number of hydrogen-bond donors (Lipinski definition) is 1. The van der Waals surface area contributed by atoms with Crippen molar-refractivity contribution in [3.8, 4) is 11.5 Å². The highest BCUT2D eigenvalue weighted by atomic mass is 16.6. The molecule has 0 saturated heterocycles. The second-order valence-electron chi connectivity index (χ2n) is 3.48. The standard InChI is InChI=1S/C11H12N2O2/c1-2-4-9-8(3-1)14-7-10(15-9)11-12-5-6-13-11/h1-4,10H,5-7H2,(H,12,13)/t10-/m1/s1/i2D. The van der Waals surface area contributed by atoms with Crippen LogP contribution in [0.2, 0.25) is 0 Å². The minimum Gasteiger partial charge on any atom is -0.485 e. The first-order chi connectivity index (χ1) is 7.83. The number of benzene rings is 1. The topological polar surface area (TPSA) is 42.8 Å². The molecule has 15 heavy (non-hydrogen) atoms. The summed E-state index contributed by atoms with van der Waals surface area (Å²) in [5.74, 6) is 2.17. The fourth-order valence-electron chi connectivity index (χ4n) is 1.73. The maximum atomic E-state index is 7.53. The van der Waals surface area contributed by atoms with Crippen LogP contribution in [0.4, 0.5) is 0 Å². The second-order valence-corrected chi connectivity index (χ2v) is 3.48. The van der Waals surface area contributed by atoms with Crippen molar-refractivity contribution in [2.24, 2.45) is 4.99 Å². The van der Waals surface area contributed by atoms with Gasteiger partial charge in [-0.1, -0.05) is 12.1 Å². The molecule has 0 radical (unpaired) electrons. The van der Waals surface area contributed by atoms with Gasteiger partial charge in [0, 0.05) is 6.54 Å². The number of aliphatic imine (C=N–C) groups is 1. The predicted octanol–water partition coefficient (Wildman–Crippen LogP) is 0.828. The Labute approximate surface area is 89.3 Å². The Hall–Kier alpha value is -1.71. The van der Waals surface area contributed by atoms with Crippen LogP contribution < -0.4 is 14.8 Å². The van der Waals surface area contributed by atoms with Crippen LogP contribution >= 0.6 is 0 Å². The van der Waals surface area contributed by atoms with Gasteiger partial charge < -0.3 is 14.8 Å². The SMILES string of the molecule is [2H]c1ccc2c(c1)O[C@@H](C1=NCCN1)CO2. The zero-order chi connectivity index (χ0) is 11.0. The van der Waals surface area contributed by atoms with Gasteiger partial charge in [0.25, 0.3) is 0 Å². The minimum absolute atomic E-state index is 0.170. The number of hydrogen-bond acceptors (Lipinski definition) is 4. The summed E-state index contributed by atoms with van der Waals surface area (Å²) in [5.41, 5.74) is 0. The summed E-state index contributed by atoms with van der Waals surface area (Å²) in [6, 6.07) is 5.53. The highest BCUT2D eigenvalue weighted by Crippen LogP contribution is 2.31. The maximum Gasteiger partial charge on any atom is 0.189 e. The third-order valence-corrected chi connectivity index (χ3v) is 2.45. The molecule has 0 spiro atoms. The van der Waals surface area contributed by atoms with E-state index < -0.39 is 0 Å². The molecule has 1 N–H and O–H groups in total. The molecule has 0 fully saturated rings. The van der Waals surface area contributed by atoms with Crippen molar-refractivity contribution >= 4 is 5.84 Å².